The fourth-order valence-corrected chi connectivity index (χ4v) is 3.95. The number of fused-ring (bicyclic) bond motifs is 3. The molecule has 0 aliphatic carbocycles. The first kappa shape index (κ1) is 16.7. The second-order valence-corrected chi connectivity index (χ2v) is 7.20. The largest absolute Gasteiger partial charge is 0.256 e. The lowest BCUT2D eigenvalue weighted by Crippen LogP contribution is -2.10. The number of rotatable bonds is 3. The summed E-state index contributed by atoms with van der Waals surface area (Å²) >= 11 is 0. The summed E-state index contributed by atoms with van der Waals surface area (Å²) in [4.78, 5) is 9.14. The summed E-state index contributed by atoms with van der Waals surface area (Å²) in [6.07, 6.45) is 5.48. The molecule has 0 aliphatic heterocycles. The van der Waals surface area contributed by atoms with Crippen molar-refractivity contribution in [3.8, 4) is 0 Å². The zero-order chi connectivity index (χ0) is 19.9. The van der Waals surface area contributed by atoms with Crippen molar-refractivity contribution in [1.29, 1.82) is 0 Å². The van der Waals surface area contributed by atoms with E-state index in [1.807, 2.05) is 54.9 Å². The lowest BCUT2D eigenvalue weighted by atomic mass is 9.90. The van der Waals surface area contributed by atoms with Crippen molar-refractivity contribution < 1.29 is 0 Å². The molecule has 4 aromatic heterocycles. The van der Waals surface area contributed by atoms with Gasteiger partial charge in [0.05, 0.1) is 17.0 Å². The van der Waals surface area contributed by atoms with Gasteiger partial charge in [0.1, 0.15) is 0 Å². The highest BCUT2D eigenvalue weighted by atomic mass is 15.4. The molecule has 0 aliphatic rings. The van der Waals surface area contributed by atoms with E-state index in [0.717, 1.165) is 38.8 Å². The van der Waals surface area contributed by atoms with Crippen molar-refractivity contribution in [3.05, 3.63) is 108 Å². The van der Waals surface area contributed by atoms with E-state index in [9.17, 15) is 0 Å². The molecular weight excluding hydrogens is 372 g/mol. The molecule has 30 heavy (non-hydrogen) atoms. The third-order valence-corrected chi connectivity index (χ3v) is 5.37. The first-order valence-corrected chi connectivity index (χ1v) is 9.72. The van der Waals surface area contributed by atoms with Crippen molar-refractivity contribution >= 4 is 27.5 Å². The van der Waals surface area contributed by atoms with Crippen molar-refractivity contribution in [2.45, 2.75) is 5.92 Å². The number of nitrogens with zero attached hydrogens (tertiary/aromatic N) is 6. The van der Waals surface area contributed by atoms with Crippen LogP contribution in [0.25, 0.3) is 27.5 Å². The van der Waals surface area contributed by atoms with Gasteiger partial charge in [-0.15, -0.1) is 10.2 Å². The number of aromatic nitrogens is 6. The molecule has 0 bridgehead atoms. The molecule has 0 fully saturated rings. The smallest absolute Gasteiger partial charge is 0.177 e. The molecule has 6 rings (SSSR count). The van der Waals surface area contributed by atoms with E-state index in [4.69, 9.17) is 0 Å². The van der Waals surface area contributed by atoms with E-state index in [-0.39, 0.29) is 5.92 Å². The lowest BCUT2D eigenvalue weighted by molar-refractivity contribution is 0.775. The second-order valence-electron chi connectivity index (χ2n) is 7.20. The predicted molar refractivity (Wildman–Crippen MR) is 115 cm³/mol. The van der Waals surface area contributed by atoms with Crippen LogP contribution in [0.2, 0.25) is 0 Å². The Bertz CT molecular complexity index is 1440. The number of hydrogen-bond donors (Lipinski definition) is 0. The molecule has 6 aromatic rings. The fourth-order valence-electron chi connectivity index (χ4n) is 3.95. The van der Waals surface area contributed by atoms with E-state index in [0.29, 0.717) is 5.65 Å². The molecule has 1 atom stereocenters. The molecule has 0 saturated carbocycles. The van der Waals surface area contributed by atoms with Gasteiger partial charge < -0.3 is 0 Å². The average molecular weight is 388 g/mol. The predicted octanol–water partition coefficient (Wildman–Crippen LogP) is 4.40. The molecule has 0 amide bonds. The van der Waals surface area contributed by atoms with E-state index in [1.165, 1.54) is 0 Å². The highest BCUT2D eigenvalue weighted by molar-refractivity contribution is 5.81. The number of hydrogen-bond acceptors (Lipinski definition) is 5. The Labute approximate surface area is 171 Å². The maximum absolute atomic E-state index is 4.69. The molecule has 0 radical (unpaired) electrons. The van der Waals surface area contributed by atoms with Crippen molar-refractivity contribution in [3.63, 3.8) is 0 Å². The topological polar surface area (TPSA) is 68.9 Å². The number of para-hydroxylation sites is 1. The molecular formula is C24H16N6. The Morgan fingerprint density at radius 2 is 1.47 bits per heavy atom. The quantitative estimate of drug-likeness (QED) is 0.449. The summed E-state index contributed by atoms with van der Waals surface area (Å²) in [5, 5.41) is 15.5. The Hall–Kier alpha value is -4.19. The van der Waals surface area contributed by atoms with E-state index >= 15 is 0 Å². The zero-order valence-electron chi connectivity index (χ0n) is 15.9. The van der Waals surface area contributed by atoms with Crippen LogP contribution in [0.5, 0.6) is 0 Å². The summed E-state index contributed by atoms with van der Waals surface area (Å²) in [6.45, 7) is 0. The second kappa shape index (κ2) is 6.70. The highest BCUT2D eigenvalue weighted by Gasteiger charge is 2.24. The Morgan fingerprint density at radius 3 is 2.43 bits per heavy atom. The molecule has 6 heteroatoms. The number of benzene rings is 2. The van der Waals surface area contributed by atoms with Gasteiger partial charge in [-0.3, -0.25) is 9.97 Å². The molecule has 0 N–H and O–H groups in total. The van der Waals surface area contributed by atoms with Gasteiger partial charge >= 0.3 is 0 Å². The van der Waals surface area contributed by atoms with Gasteiger partial charge in [-0.2, -0.15) is 9.61 Å². The fraction of sp³-hybridized carbons (Fsp3) is 0.0417. The minimum Gasteiger partial charge on any atom is -0.256 e. The standard InChI is InChI=1S/C24H16N6/c1-2-7-20-16(5-1)14-19(15-26-20)23(24-29-28-22-8-4-12-27-30(22)24)18-9-10-21-17(13-18)6-3-11-25-21/h1-15,23H. The van der Waals surface area contributed by atoms with E-state index < -0.39 is 0 Å². The summed E-state index contributed by atoms with van der Waals surface area (Å²) in [7, 11) is 0. The highest BCUT2D eigenvalue weighted by Crippen LogP contribution is 2.33. The van der Waals surface area contributed by atoms with Gasteiger partial charge in [0, 0.05) is 29.4 Å². The summed E-state index contributed by atoms with van der Waals surface area (Å²) in [5.74, 6) is 0.586. The van der Waals surface area contributed by atoms with Crippen LogP contribution >= 0.6 is 0 Å². The minimum atomic E-state index is -0.170. The molecule has 142 valence electrons. The van der Waals surface area contributed by atoms with Gasteiger partial charge in [0.25, 0.3) is 0 Å². The van der Waals surface area contributed by atoms with Crippen LogP contribution in [0.15, 0.2) is 91.4 Å². The summed E-state index contributed by atoms with van der Waals surface area (Å²) in [5.41, 5.74) is 4.77. The molecule has 4 heterocycles. The van der Waals surface area contributed by atoms with Gasteiger partial charge in [0.2, 0.25) is 0 Å². The Morgan fingerprint density at radius 1 is 0.667 bits per heavy atom. The minimum absolute atomic E-state index is 0.170. The van der Waals surface area contributed by atoms with Crippen LogP contribution in [0.3, 0.4) is 0 Å². The third kappa shape index (κ3) is 2.69. The van der Waals surface area contributed by atoms with Gasteiger partial charge in [0.15, 0.2) is 11.5 Å². The molecule has 2 aromatic carbocycles. The maximum atomic E-state index is 4.69. The van der Waals surface area contributed by atoms with E-state index in [1.54, 1.807) is 10.7 Å². The van der Waals surface area contributed by atoms with Gasteiger partial charge in [-0.25, -0.2) is 0 Å². The first-order valence-electron chi connectivity index (χ1n) is 9.72. The van der Waals surface area contributed by atoms with Crippen molar-refractivity contribution in [2.24, 2.45) is 0 Å². The molecule has 0 spiro atoms. The van der Waals surface area contributed by atoms with Crippen LogP contribution < -0.4 is 0 Å². The van der Waals surface area contributed by atoms with Crippen LogP contribution in [0, 0.1) is 0 Å². The Balaban J connectivity index is 1.62. The zero-order valence-corrected chi connectivity index (χ0v) is 15.9. The Kier molecular flexibility index (Phi) is 3.74. The third-order valence-electron chi connectivity index (χ3n) is 5.37. The van der Waals surface area contributed by atoms with Crippen LogP contribution in [0.1, 0.15) is 22.9 Å². The van der Waals surface area contributed by atoms with Crippen LogP contribution in [0.4, 0.5) is 0 Å². The molecule has 6 nitrogen and oxygen atoms in total. The van der Waals surface area contributed by atoms with Gasteiger partial charge in [-0.05, 0) is 53.6 Å². The van der Waals surface area contributed by atoms with Crippen molar-refractivity contribution in [2.75, 3.05) is 0 Å². The average Bonchev–Trinajstić information content (AvgIpc) is 3.23. The van der Waals surface area contributed by atoms with Crippen LogP contribution in [-0.2, 0) is 0 Å². The summed E-state index contributed by atoms with van der Waals surface area (Å²) in [6, 6.07) is 24.4. The number of pyridine rings is 2. The lowest BCUT2D eigenvalue weighted by Gasteiger charge is -2.17. The molecule has 0 saturated heterocycles. The SMILES string of the molecule is c1cnc2ccc(C(c3cnc4ccccc4c3)c3nnc4cccnn34)cc2c1. The van der Waals surface area contributed by atoms with Gasteiger partial charge in [-0.1, -0.05) is 30.3 Å². The maximum Gasteiger partial charge on any atom is 0.177 e. The summed E-state index contributed by atoms with van der Waals surface area (Å²) < 4.78 is 1.80. The monoisotopic (exact) mass is 388 g/mol. The normalized spacial score (nSPS) is 12.5. The molecule has 1 unspecified atom stereocenters. The van der Waals surface area contributed by atoms with Crippen molar-refractivity contribution in [1.82, 2.24) is 29.8 Å². The first-order chi connectivity index (χ1) is 14.9. The van der Waals surface area contributed by atoms with E-state index in [2.05, 4.69) is 55.6 Å². The van der Waals surface area contributed by atoms with Crippen LogP contribution in [-0.4, -0.2) is 29.8 Å².